The molecule has 1 aromatic carbocycles. The number of carbonyl (C=O) groups is 7. The van der Waals surface area contributed by atoms with Crippen LogP contribution in [0.1, 0.15) is 18.0 Å². The van der Waals surface area contributed by atoms with E-state index in [1.165, 1.54) is 28.9 Å². The van der Waals surface area contributed by atoms with Gasteiger partial charge in [-0.1, -0.05) is 23.9 Å². The molecule has 4 heterocycles. The molecular formula is C27H29N11Na2O12S3. The van der Waals surface area contributed by atoms with Crippen molar-refractivity contribution in [3.63, 3.8) is 0 Å². The number of carbonyl (C=O) groups excluding carboxylic acids is 7. The van der Waals surface area contributed by atoms with Crippen molar-refractivity contribution < 1.29 is 116 Å². The number of thioether (sulfide) groups is 2. The van der Waals surface area contributed by atoms with Crippen LogP contribution in [0, 0.1) is 0 Å². The van der Waals surface area contributed by atoms with E-state index in [4.69, 9.17) is 10.5 Å². The standard InChI is InChI=1S/C27H31N11O12S3.2Na/c1-35-25(32-33-34-35)51-11-14-19(23(43)44)38-16(39)9-17(38)52-21(14)31-20(40)18(30-24(45)36-7-8-37(27(36)47)53(2,48)49)12-3-5-13(6-4-12)29-26(46)50-10-15(28)22(41)42;;/h3-6,15,17-18,21H,7-11,28H2,1-2H3,(H,29,46)(H,30,45)(H,31,40)(H,41,42)(H,43,44);;/q;2*+1/p-2/t15-,17+,18?,21?;;/m1../s1. The third kappa shape index (κ3) is 10.7. The molecule has 1 aromatic heterocycles. The molecule has 2 fully saturated rings. The van der Waals surface area contributed by atoms with E-state index in [1.54, 1.807) is 7.05 Å². The van der Waals surface area contributed by atoms with Gasteiger partial charge in [-0.15, -0.1) is 16.9 Å². The Bertz CT molecular complexity index is 2000. The number of anilines is 1. The number of ether oxygens (including phenoxy) is 1. The summed E-state index contributed by atoms with van der Waals surface area (Å²) >= 11 is 2.06. The molecule has 2 aromatic rings. The molecule has 0 radical (unpaired) electrons. The van der Waals surface area contributed by atoms with Crippen LogP contribution in [0.5, 0.6) is 0 Å². The molecule has 0 aliphatic carbocycles. The van der Waals surface area contributed by atoms with Crippen LogP contribution < -0.4 is 91.0 Å². The maximum absolute atomic E-state index is 14.1. The van der Waals surface area contributed by atoms with Gasteiger partial charge in [-0.05, 0) is 33.7 Å². The largest absolute Gasteiger partial charge is 1.00 e. The normalized spacial score (nSPS) is 18.9. The molecule has 55 heavy (non-hydrogen) atoms. The molecule has 28 heteroatoms. The van der Waals surface area contributed by atoms with Gasteiger partial charge in [0.25, 0.3) is 0 Å². The van der Waals surface area contributed by atoms with Crippen LogP contribution in [0.2, 0.25) is 0 Å². The van der Waals surface area contributed by atoms with Crippen LogP contribution in [0.3, 0.4) is 0 Å². The first-order chi connectivity index (χ1) is 25.0. The molecule has 284 valence electrons. The second-order valence-electron chi connectivity index (χ2n) is 11.4. The number of nitrogens with zero attached hydrogens (tertiary/aromatic N) is 7. The summed E-state index contributed by atoms with van der Waals surface area (Å²) in [6.07, 6.45) is -0.322. The number of nitrogens with two attached hydrogens (primary N) is 1. The number of carboxylic acids is 2. The Morgan fingerprint density at radius 2 is 1.78 bits per heavy atom. The smallest absolute Gasteiger partial charge is 0.548 e. The third-order valence-electron chi connectivity index (χ3n) is 7.80. The average molecular weight is 842 g/mol. The minimum atomic E-state index is -4.02. The van der Waals surface area contributed by atoms with Gasteiger partial charge >= 0.3 is 77.3 Å². The fraction of sp³-hybridized carbons (Fsp3) is 0.407. The Kier molecular flexibility index (Phi) is 16.0. The average Bonchev–Trinajstić information content (AvgIpc) is 3.69. The Balaban J connectivity index is 0.00000406. The van der Waals surface area contributed by atoms with Crippen molar-refractivity contribution in [2.45, 2.75) is 34.4 Å². The Morgan fingerprint density at radius 1 is 1.11 bits per heavy atom. The zero-order chi connectivity index (χ0) is 38.8. The first-order valence-corrected chi connectivity index (χ1v) is 18.9. The van der Waals surface area contributed by atoms with Crippen molar-refractivity contribution in [1.82, 2.24) is 44.9 Å². The fourth-order valence-electron chi connectivity index (χ4n) is 5.14. The van der Waals surface area contributed by atoms with Crippen molar-refractivity contribution in [2.24, 2.45) is 12.8 Å². The number of urea groups is 2. The van der Waals surface area contributed by atoms with Gasteiger partial charge in [0, 0.05) is 18.5 Å². The number of rotatable bonds is 13. The van der Waals surface area contributed by atoms with Gasteiger partial charge in [-0.2, -0.15) is 0 Å². The topological polar surface area (TPSA) is 324 Å². The maximum atomic E-state index is 14.1. The van der Waals surface area contributed by atoms with E-state index in [-0.39, 0.29) is 106 Å². The summed E-state index contributed by atoms with van der Waals surface area (Å²) in [7, 11) is -2.47. The number of nitrogens with one attached hydrogen (secondary N) is 3. The number of sulfonamides is 1. The molecule has 7 amide bonds. The first-order valence-electron chi connectivity index (χ1n) is 15.1. The molecule has 5 N–H and O–H groups in total. The molecular weight excluding hydrogens is 813 g/mol. The van der Waals surface area contributed by atoms with Crippen molar-refractivity contribution in [3.8, 4) is 0 Å². The van der Waals surface area contributed by atoms with Gasteiger partial charge in [0.15, 0.2) is 0 Å². The molecule has 0 bridgehead atoms. The summed E-state index contributed by atoms with van der Waals surface area (Å²) in [5.74, 6) is -4.84. The molecule has 2 saturated heterocycles. The van der Waals surface area contributed by atoms with Gasteiger partial charge in [0.05, 0.1) is 54.8 Å². The molecule has 5 rings (SSSR count). The number of benzene rings is 1. The van der Waals surface area contributed by atoms with Crippen molar-refractivity contribution in [2.75, 3.05) is 37.0 Å². The van der Waals surface area contributed by atoms with Crippen LogP contribution in [-0.2, 0) is 41.0 Å². The van der Waals surface area contributed by atoms with Crippen LogP contribution in [0.15, 0.2) is 40.7 Å². The van der Waals surface area contributed by atoms with Crippen molar-refractivity contribution in [1.29, 1.82) is 0 Å². The Labute approximate surface area is 364 Å². The predicted molar refractivity (Wildman–Crippen MR) is 176 cm³/mol. The summed E-state index contributed by atoms with van der Waals surface area (Å²) in [5.41, 5.74) is 5.05. The third-order valence-corrected chi connectivity index (χ3v) is 11.4. The number of β-lactam (4-membered cyclic amide) rings is 1. The fourth-order valence-corrected chi connectivity index (χ4v) is 8.38. The molecule has 2 unspecified atom stereocenters. The van der Waals surface area contributed by atoms with Gasteiger partial charge in [-0.25, -0.2) is 36.7 Å². The number of imide groups is 1. The summed E-state index contributed by atoms with van der Waals surface area (Å²) in [4.78, 5) is 89.7. The summed E-state index contributed by atoms with van der Waals surface area (Å²) in [5, 5.41) is 40.2. The van der Waals surface area contributed by atoms with E-state index in [1.807, 2.05) is 0 Å². The number of tetrazole rings is 1. The zero-order valence-corrected chi connectivity index (χ0v) is 35.9. The number of aliphatic carboxylic acids is 2. The summed E-state index contributed by atoms with van der Waals surface area (Å²) in [6, 6.07) is -0.274. The van der Waals surface area contributed by atoms with Crippen molar-refractivity contribution in [3.05, 3.63) is 41.1 Å². The minimum Gasteiger partial charge on any atom is -0.548 e. The van der Waals surface area contributed by atoms with Gasteiger partial charge in [-0.3, -0.25) is 19.8 Å². The maximum Gasteiger partial charge on any atom is 1.00 e. The van der Waals surface area contributed by atoms with E-state index >= 15 is 0 Å². The quantitative estimate of drug-likeness (QED) is 0.0826. The van der Waals surface area contributed by atoms with E-state index in [0.717, 1.165) is 34.7 Å². The van der Waals surface area contributed by atoms with Crippen LogP contribution >= 0.6 is 23.5 Å². The SMILES string of the molecule is Cn1nnnc1SCC1=C(C(=O)[O-])N2C(=O)C[C@@H]2SC1NC(=O)C(NC(=O)N1CCN(S(C)(=O)=O)C1=O)c1ccc(NC(=O)OC[C@@H](N)C(=O)[O-])cc1.[Na+].[Na+]. The number of hydrogen-bond acceptors (Lipinski definition) is 18. The van der Waals surface area contributed by atoms with Gasteiger partial charge in [0.2, 0.25) is 27.0 Å². The molecule has 3 aliphatic heterocycles. The van der Waals surface area contributed by atoms with E-state index in [9.17, 15) is 52.2 Å². The Morgan fingerprint density at radius 3 is 2.33 bits per heavy atom. The predicted octanol–water partition coefficient (Wildman–Crippen LogP) is -10.2. The number of fused-ring (bicyclic) bond motifs is 1. The number of aryl methyl sites for hydroxylation is 1. The number of amides is 7. The molecule has 4 atom stereocenters. The van der Waals surface area contributed by atoms with Gasteiger partial charge < -0.3 is 40.9 Å². The van der Waals surface area contributed by atoms with Crippen molar-refractivity contribution >= 4 is 81.1 Å². The number of carboxylic acid groups (broad SMARTS) is 2. The zero-order valence-electron chi connectivity index (χ0n) is 29.5. The monoisotopic (exact) mass is 841 g/mol. The second kappa shape index (κ2) is 19.1. The summed E-state index contributed by atoms with van der Waals surface area (Å²) in [6.45, 7) is -1.36. The van der Waals surface area contributed by atoms with Crippen LogP contribution in [0.4, 0.5) is 20.1 Å². The molecule has 0 saturated carbocycles. The van der Waals surface area contributed by atoms with Crippen LogP contribution in [0.25, 0.3) is 0 Å². The molecule has 3 aliphatic rings. The molecule has 0 spiro atoms. The van der Waals surface area contributed by atoms with Gasteiger partial charge in [0.1, 0.15) is 18.0 Å². The van der Waals surface area contributed by atoms with E-state index < -0.39 is 87.1 Å². The first kappa shape index (κ1) is 45.9. The van der Waals surface area contributed by atoms with E-state index in [2.05, 4.69) is 31.5 Å². The van der Waals surface area contributed by atoms with E-state index in [0.29, 0.717) is 9.21 Å². The minimum absolute atomic E-state index is 0. The van der Waals surface area contributed by atoms with Crippen LogP contribution in [-0.4, -0.2) is 133 Å². The number of aromatic nitrogens is 4. The number of hydrogen-bond donors (Lipinski definition) is 4. The Hall–Kier alpha value is -3.47. The summed E-state index contributed by atoms with van der Waals surface area (Å²) < 4.78 is 30.6. The molecule has 23 nitrogen and oxygen atoms in total. The second-order valence-corrected chi connectivity index (χ2v) is 15.5.